The molecule has 2 aromatic heterocycles. The van der Waals surface area contributed by atoms with Gasteiger partial charge in [0.25, 0.3) is 0 Å². The summed E-state index contributed by atoms with van der Waals surface area (Å²) >= 11 is 0. The zero-order valence-electron chi connectivity index (χ0n) is 12.2. The van der Waals surface area contributed by atoms with E-state index in [1.54, 1.807) is 0 Å². The summed E-state index contributed by atoms with van der Waals surface area (Å²) in [5, 5.41) is 13.9. The van der Waals surface area contributed by atoms with E-state index in [9.17, 15) is 0 Å². The van der Waals surface area contributed by atoms with E-state index in [-0.39, 0.29) is 6.61 Å². The third-order valence-corrected chi connectivity index (χ3v) is 3.86. The van der Waals surface area contributed by atoms with Gasteiger partial charge in [-0.3, -0.25) is 9.58 Å². The van der Waals surface area contributed by atoms with Crippen LogP contribution < -0.4 is 0 Å². The molecule has 2 aromatic rings. The van der Waals surface area contributed by atoms with Crippen molar-refractivity contribution in [3.8, 4) is 0 Å². The maximum absolute atomic E-state index is 9.13. The van der Waals surface area contributed by atoms with E-state index in [4.69, 9.17) is 10.2 Å². The lowest BCUT2D eigenvalue weighted by Gasteiger charge is -2.15. The summed E-state index contributed by atoms with van der Waals surface area (Å²) in [5.74, 6) is 0. The van der Waals surface area contributed by atoms with E-state index in [0.29, 0.717) is 6.04 Å². The Morgan fingerprint density at radius 2 is 2.00 bits per heavy atom. The molecule has 0 aliphatic carbocycles. The largest absolute Gasteiger partial charge is 0.395 e. The second-order valence-electron chi connectivity index (χ2n) is 5.70. The number of hydrogen-bond donors (Lipinski definition) is 1. The van der Waals surface area contributed by atoms with Crippen molar-refractivity contribution in [2.24, 2.45) is 0 Å². The van der Waals surface area contributed by atoms with Crippen LogP contribution in [0.25, 0.3) is 0 Å². The minimum Gasteiger partial charge on any atom is -0.395 e. The van der Waals surface area contributed by atoms with Crippen molar-refractivity contribution in [2.75, 3.05) is 13.2 Å². The van der Waals surface area contributed by atoms with Crippen LogP contribution in [-0.4, -0.2) is 37.5 Å². The number of β-amino-alcohol motifs (C(OH)–C–C–N with tert-alkyl or cyclic N) is 1. The van der Waals surface area contributed by atoms with Gasteiger partial charge in [-0.1, -0.05) is 0 Å². The highest BCUT2D eigenvalue weighted by molar-refractivity contribution is 5.30. The number of fused-ring (bicyclic) bond motifs is 1. The topological polar surface area (TPSA) is 46.2 Å². The molecule has 1 N–H and O–H groups in total. The van der Waals surface area contributed by atoms with Gasteiger partial charge < -0.3 is 9.67 Å². The fourth-order valence-electron chi connectivity index (χ4n) is 2.90. The first-order valence-corrected chi connectivity index (χ1v) is 7.22. The molecule has 1 aliphatic heterocycles. The van der Waals surface area contributed by atoms with Gasteiger partial charge in [0, 0.05) is 43.6 Å². The molecular formula is C15H22N4O. The number of nitrogens with zero attached hydrogens (tertiary/aromatic N) is 4. The first kappa shape index (κ1) is 13.4. The van der Waals surface area contributed by atoms with Crippen LogP contribution in [-0.2, 0) is 19.6 Å². The maximum atomic E-state index is 9.13. The predicted octanol–water partition coefficient (Wildman–Crippen LogP) is 1.62. The molecule has 1 aliphatic rings. The molecule has 3 heterocycles. The Kier molecular flexibility index (Phi) is 3.63. The third-order valence-electron chi connectivity index (χ3n) is 3.86. The highest BCUT2D eigenvalue weighted by atomic mass is 16.3. The summed E-state index contributed by atoms with van der Waals surface area (Å²) in [7, 11) is 0. The lowest BCUT2D eigenvalue weighted by Crippen LogP contribution is -2.22. The van der Waals surface area contributed by atoms with Crippen LogP contribution in [0.5, 0.6) is 0 Å². The summed E-state index contributed by atoms with van der Waals surface area (Å²) in [6, 6.07) is 4.45. The van der Waals surface area contributed by atoms with Crippen LogP contribution in [0.3, 0.4) is 0 Å². The molecule has 0 radical (unpaired) electrons. The summed E-state index contributed by atoms with van der Waals surface area (Å²) < 4.78 is 4.30. The minimum atomic E-state index is 0.215. The molecular weight excluding hydrogens is 252 g/mol. The van der Waals surface area contributed by atoms with Gasteiger partial charge >= 0.3 is 0 Å². The van der Waals surface area contributed by atoms with Crippen LogP contribution in [0.2, 0.25) is 0 Å². The molecule has 0 aromatic carbocycles. The van der Waals surface area contributed by atoms with Crippen molar-refractivity contribution in [1.29, 1.82) is 0 Å². The smallest absolute Gasteiger partial charge is 0.0870 e. The van der Waals surface area contributed by atoms with E-state index in [0.717, 1.165) is 31.9 Å². The quantitative estimate of drug-likeness (QED) is 0.901. The van der Waals surface area contributed by atoms with Gasteiger partial charge in [0.2, 0.25) is 0 Å². The van der Waals surface area contributed by atoms with E-state index in [2.05, 4.69) is 40.4 Å². The highest BCUT2D eigenvalue weighted by Crippen LogP contribution is 2.28. The predicted molar refractivity (Wildman–Crippen MR) is 77.3 cm³/mol. The molecule has 0 spiro atoms. The molecule has 0 fully saturated rings. The zero-order valence-corrected chi connectivity index (χ0v) is 12.2. The molecule has 0 saturated heterocycles. The van der Waals surface area contributed by atoms with Crippen molar-refractivity contribution < 1.29 is 5.11 Å². The standard InChI is InChI=1S/C15H22N4O/c1-12(2)19-15-11-18(7-8-20)9-13(15)14(16-19)10-17-5-3-4-6-17/h3-6,12,20H,7-11H2,1-2H3. The Morgan fingerprint density at radius 1 is 1.25 bits per heavy atom. The fourth-order valence-corrected chi connectivity index (χ4v) is 2.90. The van der Waals surface area contributed by atoms with Gasteiger partial charge in [0.05, 0.1) is 24.5 Å². The van der Waals surface area contributed by atoms with Crippen molar-refractivity contribution >= 4 is 0 Å². The molecule has 3 rings (SSSR count). The molecule has 0 amide bonds. The van der Waals surface area contributed by atoms with Gasteiger partial charge in [0.15, 0.2) is 0 Å². The highest BCUT2D eigenvalue weighted by Gasteiger charge is 2.28. The normalized spacial score (nSPS) is 15.2. The van der Waals surface area contributed by atoms with Crippen LogP contribution in [0.1, 0.15) is 36.8 Å². The van der Waals surface area contributed by atoms with Crippen LogP contribution in [0.15, 0.2) is 24.5 Å². The molecule has 0 bridgehead atoms. The summed E-state index contributed by atoms with van der Waals surface area (Å²) in [6.07, 6.45) is 4.14. The first-order valence-electron chi connectivity index (χ1n) is 7.22. The second kappa shape index (κ2) is 5.42. The first-order chi connectivity index (χ1) is 9.69. The molecule has 0 saturated carbocycles. The van der Waals surface area contributed by atoms with Gasteiger partial charge in [-0.25, -0.2) is 0 Å². The Morgan fingerprint density at radius 3 is 2.65 bits per heavy atom. The summed E-state index contributed by atoms with van der Waals surface area (Å²) in [6.45, 7) is 7.90. The fraction of sp³-hybridized carbons (Fsp3) is 0.533. The van der Waals surface area contributed by atoms with Crippen molar-refractivity contribution in [3.05, 3.63) is 41.5 Å². The number of rotatable bonds is 5. The lowest BCUT2D eigenvalue weighted by molar-refractivity contribution is 0.194. The third kappa shape index (κ3) is 2.39. The van der Waals surface area contributed by atoms with E-state index in [1.807, 2.05) is 12.1 Å². The summed E-state index contributed by atoms with van der Waals surface area (Å²) in [4.78, 5) is 2.28. The van der Waals surface area contributed by atoms with E-state index < -0.39 is 0 Å². The van der Waals surface area contributed by atoms with Crippen molar-refractivity contribution in [3.63, 3.8) is 0 Å². The van der Waals surface area contributed by atoms with Gasteiger partial charge in [-0.05, 0) is 26.0 Å². The Labute approximate surface area is 119 Å². The monoisotopic (exact) mass is 274 g/mol. The van der Waals surface area contributed by atoms with Gasteiger partial charge in [-0.2, -0.15) is 5.10 Å². The summed E-state index contributed by atoms with van der Waals surface area (Å²) in [5.41, 5.74) is 3.82. The van der Waals surface area contributed by atoms with Gasteiger partial charge in [-0.15, -0.1) is 0 Å². The zero-order chi connectivity index (χ0) is 14.1. The van der Waals surface area contributed by atoms with Crippen LogP contribution in [0, 0.1) is 0 Å². The van der Waals surface area contributed by atoms with Crippen molar-refractivity contribution in [2.45, 2.75) is 39.5 Å². The SMILES string of the molecule is CC(C)n1nc(Cn2cccc2)c2c1CN(CCO)C2. The van der Waals surface area contributed by atoms with E-state index in [1.165, 1.54) is 11.3 Å². The average molecular weight is 274 g/mol. The number of aliphatic hydroxyl groups excluding tert-OH is 1. The molecule has 0 unspecified atom stereocenters. The number of hydrogen-bond acceptors (Lipinski definition) is 3. The maximum Gasteiger partial charge on any atom is 0.0870 e. The molecule has 0 atom stereocenters. The van der Waals surface area contributed by atoms with E-state index >= 15 is 0 Å². The minimum absolute atomic E-state index is 0.215. The van der Waals surface area contributed by atoms with Crippen LogP contribution in [0.4, 0.5) is 0 Å². The number of aromatic nitrogens is 3. The molecule has 5 nitrogen and oxygen atoms in total. The molecule has 20 heavy (non-hydrogen) atoms. The molecule has 108 valence electrons. The number of aliphatic hydroxyl groups is 1. The Balaban J connectivity index is 1.90. The van der Waals surface area contributed by atoms with Crippen LogP contribution >= 0.6 is 0 Å². The lowest BCUT2D eigenvalue weighted by atomic mass is 10.2. The molecule has 5 heteroatoms. The second-order valence-corrected chi connectivity index (χ2v) is 5.70. The Bertz CT molecular complexity index is 571. The Hall–Kier alpha value is -1.59. The van der Waals surface area contributed by atoms with Crippen molar-refractivity contribution in [1.82, 2.24) is 19.2 Å². The van der Waals surface area contributed by atoms with Gasteiger partial charge in [0.1, 0.15) is 0 Å². The average Bonchev–Trinajstić information content (AvgIpc) is 3.08.